The van der Waals surface area contributed by atoms with Gasteiger partial charge in [-0.3, -0.25) is 0 Å². The largest absolute Gasteiger partial charge is 0.248 e. The van der Waals surface area contributed by atoms with Gasteiger partial charge in [0.25, 0.3) is 0 Å². The molecule has 0 aliphatic heterocycles. The SMILES string of the molecule is CCN(CC)P(F)(=Cc1ccccc1)N(CC)CC. The van der Waals surface area contributed by atoms with Crippen molar-refractivity contribution in [2.45, 2.75) is 27.7 Å². The Morgan fingerprint density at radius 2 is 1.32 bits per heavy atom. The summed E-state index contributed by atoms with van der Waals surface area (Å²) in [6.45, 7) is 11.1. The molecule has 0 aromatic heterocycles. The fraction of sp³-hybridized carbons (Fsp3) is 0.533. The van der Waals surface area contributed by atoms with E-state index in [9.17, 15) is 0 Å². The minimum absolute atomic E-state index is 0.737. The van der Waals surface area contributed by atoms with E-state index in [1.165, 1.54) is 0 Å². The third kappa shape index (κ3) is 3.92. The van der Waals surface area contributed by atoms with Crippen molar-refractivity contribution in [3.8, 4) is 0 Å². The van der Waals surface area contributed by atoms with Crippen molar-refractivity contribution in [2.24, 2.45) is 0 Å². The fourth-order valence-corrected chi connectivity index (χ4v) is 5.13. The highest BCUT2D eigenvalue weighted by Gasteiger charge is 2.29. The van der Waals surface area contributed by atoms with Crippen molar-refractivity contribution in [3.05, 3.63) is 35.9 Å². The van der Waals surface area contributed by atoms with Crippen LogP contribution < -0.4 is 0 Å². The quantitative estimate of drug-likeness (QED) is 0.691. The predicted octanol–water partition coefficient (Wildman–Crippen LogP) is 4.25. The molecule has 0 amide bonds. The van der Waals surface area contributed by atoms with E-state index >= 15 is 4.20 Å². The summed E-state index contributed by atoms with van der Waals surface area (Å²) < 4.78 is 19.6. The van der Waals surface area contributed by atoms with Crippen LogP contribution in [0.25, 0.3) is 0 Å². The molecule has 0 N–H and O–H groups in total. The first-order valence-corrected chi connectivity index (χ1v) is 8.77. The molecule has 0 aliphatic carbocycles. The monoisotopic (exact) mass is 284 g/mol. The Morgan fingerprint density at radius 3 is 1.68 bits per heavy atom. The Hall–Kier alpha value is -0.630. The maximum Gasteiger partial charge on any atom is 0.184 e. The van der Waals surface area contributed by atoms with Crippen molar-refractivity contribution >= 4 is 13.3 Å². The number of nitrogens with zero attached hydrogens (tertiary/aromatic N) is 2. The smallest absolute Gasteiger partial charge is 0.184 e. The molecule has 0 heterocycles. The average molecular weight is 284 g/mol. The van der Waals surface area contributed by atoms with E-state index in [4.69, 9.17) is 0 Å². The summed E-state index contributed by atoms with van der Waals surface area (Å²) in [5.41, 5.74) is 0.970. The summed E-state index contributed by atoms with van der Waals surface area (Å²) in [6.07, 6.45) is 0. The Labute approximate surface area is 117 Å². The molecule has 0 saturated carbocycles. The minimum Gasteiger partial charge on any atom is -0.248 e. The molecule has 0 fully saturated rings. The van der Waals surface area contributed by atoms with E-state index in [1.54, 1.807) is 0 Å². The third-order valence-corrected chi connectivity index (χ3v) is 6.71. The maximum atomic E-state index is 15.7. The number of benzene rings is 1. The van der Waals surface area contributed by atoms with E-state index in [-0.39, 0.29) is 0 Å². The molecular weight excluding hydrogens is 258 g/mol. The van der Waals surface area contributed by atoms with Crippen LogP contribution in [0.4, 0.5) is 4.20 Å². The molecule has 0 spiro atoms. The summed E-state index contributed by atoms with van der Waals surface area (Å²) in [5.74, 6) is 1.84. The van der Waals surface area contributed by atoms with Gasteiger partial charge in [-0.15, -0.1) is 0 Å². The second kappa shape index (κ2) is 7.84. The second-order valence-electron chi connectivity index (χ2n) is 4.39. The number of halogens is 1. The van der Waals surface area contributed by atoms with Crippen molar-refractivity contribution in [1.82, 2.24) is 9.34 Å². The lowest BCUT2D eigenvalue weighted by Crippen LogP contribution is -2.31. The van der Waals surface area contributed by atoms with Gasteiger partial charge in [-0.1, -0.05) is 58.0 Å². The Balaban J connectivity index is 3.29. The molecule has 0 aliphatic rings. The molecule has 0 radical (unpaired) electrons. The number of rotatable bonds is 7. The first-order valence-electron chi connectivity index (χ1n) is 7.12. The minimum atomic E-state index is -2.87. The van der Waals surface area contributed by atoms with Crippen LogP contribution in [-0.4, -0.2) is 41.3 Å². The molecule has 1 aromatic carbocycles. The topological polar surface area (TPSA) is 6.48 Å². The summed E-state index contributed by atoms with van der Waals surface area (Å²) in [6, 6.07) is 9.83. The molecule has 0 atom stereocenters. The van der Waals surface area contributed by atoms with Gasteiger partial charge < -0.3 is 0 Å². The normalized spacial score (nSPS) is 12.2. The first-order chi connectivity index (χ1) is 9.12. The van der Waals surface area contributed by atoms with Crippen LogP contribution in [0.15, 0.2) is 30.3 Å². The van der Waals surface area contributed by atoms with Crippen LogP contribution in [0.3, 0.4) is 0 Å². The highest BCUT2D eigenvalue weighted by Crippen LogP contribution is 2.55. The molecule has 19 heavy (non-hydrogen) atoms. The van der Waals surface area contributed by atoms with Gasteiger partial charge in [0.1, 0.15) is 0 Å². The molecule has 108 valence electrons. The highest BCUT2D eigenvalue weighted by molar-refractivity contribution is 7.65. The van der Waals surface area contributed by atoms with Crippen molar-refractivity contribution < 1.29 is 4.20 Å². The van der Waals surface area contributed by atoms with E-state index in [0.29, 0.717) is 0 Å². The van der Waals surface area contributed by atoms with Crippen LogP contribution in [0, 0.1) is 0 Å². The summed E-state index contributed by atoms with van der Waals surface area (Å²) in [4.78, 5) is 0. The number of hydrogen-bond donors (Lipinski definition) is 0. The van der Waals surface area contributed by atoms with E-state index in [1.807, 2.05) is 73.2 Å². The van der Waals surface area contributed by atoms with Crippen LogP contribution in [0.2, 0.25) is 0 Å². The van der Waals surface area contributed by atoms with Crippen molar-refractivity contribution in [1.29, 1.82) is 0 Å². The van der Waals surface area contributed by atoms with Crippen LogP contribution in [0.1, 0.15) is 33.3 Å². The van der Waals surface area contributed by atoms with Crippen molar-refractivity contribution in [3.63, 3.8) is 0 Å². The molecule has 1 rings (SSSR count). The van der Waals surface area contributed by atoms with Crippen LogP contribution in [-0.2, 0) is 0 Å². The summed E-state index contributed by atoms with van der Waals surface area (Å²) in [7, 11) is -2.87. The first kappa shape index (κ1) is 16.4. The lowest BCUT2D eigenvalue weighted by Gasteiger charge is -2.37. The molecule has 0 bridgehead atoms. The lowest BCUT2D eigenvalue weighted by molar-refractivity contribution is 0.387. The molecule has 0 unspecified atom stereocenters. The Kier molecular flexibility index (Phi) is 6.78. The zero-order valence-electron chi connectivity index (χ0n) is 12.5. The van der Waals surface area contributed by atoms with Gasteiger partial charge in [0, 0.05) is 32.0 Å². The third-order valence-electron chi connectivity index (χ3n) is 3.37. The van der Waals surface area contributed by atoms with Gasteiger partial charge in [0.05, 0.1) is 0 Å². The van der Waals surface area contributed by atoms with E-state index in [2.05, 4.69) is 0 Å². The molecule has 4 heteroatoms. The zero-order chi connectivity index (χ0) is 14.3. The fourth-order valence-electron chi connectivity index (χ4n) is 2.31. The van der Waals surface area contributed by atoms with Gasteiger partial charge in [-0.2, -0.15) is 4.20 Å². The van der Waals surface area contributed by atoms with Gasteiger partial charge in [-0.25, -0.2) is 9.34 Å². The van der Waals surface area contributed by atoms with E-state index < -0.39 is 7.50 Å². The second-order valence-corrected chi connectivity index (χ2v) is 6.91. The Bertz CT molecular complexity index is 395. The van der Waals surface area contributed by atoms with Crippen LogP contribution in [0.5, 0.6) is 0 Å². The maximum absolute atomic E-state index is 15.7. The van der Waals surface area contributed by atoms with Gasteiger partial charge in [-0.05, 0) is 5.56 Å². The molecule has 0 saturated heterocycles. The summed E-state index contributed by atoms with van der Waals surface area (Å²) in [5, 5.41) is 0. The lowest BCUT2D eigenvalue weighted by atomic mass is 10.2. The van der Waals surface area contributed by atoms with Crippen LogP contribution >= 0.6 is 7.50 Å². The molecule has 1 aromatic rings. The molecular formula is C15H26FN2P. The molecule has 2 nitrogen and oxygen atoms in total. The van der Waals surface area contributed by atoms with Gasteiger partial charge in [0.2, 0.25) is 0 Å². The highest BCUT2D eigenvalue weighted by atomic mass is 31.2. The number of hydrogen-bond acceptors (Lipinski definition) is 2. The Morgan fingerprint density at radius 1 is 0.895 bits per heavy atom. The predicted molar refractivity (Wildman–Crippen MR) is 85.5 cm³/mol. The van der Waals surface area contributed by atoms with Crippen molar-refractivity contribution in [2.75, 3.05) is 26.2 Å². The van der Waals surface area contributed by atoms with E-state index in [0.717, 1.165) is 31.7 Å². The standard InChI is InChI=1S/C15H26FN2P/c1-5-17(6-2)19(16,18(7-3)8-4)14-15-12-10-9-11-13-15/h9-14H,5-8H2,1-4H3. The zero-order valence-corrected chi connectivity index (χ0v) is 13.4. The van der Waals surface area contributed by atoms with Gasteiger partial charge in [0.15, 0.2) is 7.50 Å². The average Bonchev–Trinajstić information content (AvgIpc) is 2.42. The van der Waals surface area contributed by atoms with Gasteiger partial charge >= 0.3 is 0 Å². The summed E-state index contributed by atoms with van der Waals surface area (Å²) >= 11 is 0.